The molecule has 0 bridgehead atoms. The average molecular weight is 278 g/mol. The fraction of sp³-hybridized carbons (Fsp3) is 0.333. The van der Waals surface area contributed by atoms with Crippen molar-refractivity contribution in [3.63, 3.8) is 0 Å². The molecule has 6 heteroatoms. The minimum atomic E-state index is -2.98. The third-order valence-electron chi connectivity index (χ3n) is 2.41. The second-order valence-electron chi connectivity index (χ2n) is 3.40. The topological polar surface area (TPSA) is 43.1 Å². The molecule has 0 radical (unpaired) electrons. The number of hydrogen-bond acceptors (Lipinski definition) is 2. The lowest BCUT2D eigenvalue weighted by atomic mass is 10.1. The van der Waals surface area contributed by atoms with E-state index < -0.39 is 15.7 Å². The molecule has 0 saturated heterocycles. The zero-order valence-electron chi connectivity index (χ0n) is 7.41. The van der Waals surface area contributed by atoms with Gasteiger partial charge in [-0.05, 0) is 5.56 Å². The van der Waals surface area contributed by atoms with Crippen LogP contribution in [0.1, 0.15) is 22.4 Å². The molecule has 2 rings (SSSR count). The van der Waals surface area contributed by atoms with E-state index in [0.29, 0.717) is 5.56 Å². The summed E-state index contributed by atoms with van der Waals surface area (Å²) in [6.45, 7) is 0. The minimum Gasteiger partial charge on any atom is -0.258 e. The normalized spacial score (nSPS) is 22.5. The second-order valence-corrected chi connectivity index (χ2v) is 4.51. The average Bonchev–Trinajstić information content (AvgIpc) is 2.37. The number of nitrogens with zero attached hydrogens (tertiary/aromatic N) is 1. The van der Waals surface area contributed by atoms with Crippen molar-refractivity contribution in [1.29, 1.82) is 0 Å². The summed E-state index contributed by atoms with van der Waals surface area (Å²) in [6, 6.07) is 3.58. The largest absolute Gasteiger partial charge is 0.275 e. The second kappa shape index (κ2) is 3.23. The highest BCUT2D eigenvalue weighted by Gasteiger charge is 2.44. The van der Waals surface area contributed by atoms with Gasteiger partial charge in [0.15, 0.2) is 0 Å². The molecule has 1 aromatic rings. The summed E-state index contributed by atoms with van der Waals surface area (Å²) in [7, 11) is 0. The Morgan fingerprint density at radius 1 is 1.53 bits per heavy atom. The minimum absolute atomic E-state index is 0.237. The highest BCUT2D eigenvalue weighted by Crippen LogP contribution is 2.51. The molecule has 1 aliphatic rings. The molecule has 0 fully saturated rings. The van der Waals surface area contributed by atoms with E-state index >= 15 is 0 Å². The van der Waals surface area contributed by atoms with Crippen LogP contribution in [0.4, 0.5) is 14.5 Å². The zero-order valence-corrected chi connectivity index (χ0v) is 9.00. The molecule has 1 aliphatic carbocycles. The quantitative estimate of drug-likeness (QED) is 0.448. The van der Waals surface area contributed by atoms with Gasteiger partial charge in [0.05, 0.1) is 4.92 Å². The summed E-state index contributed by atoms with van der Waals surface area (Å²) in [5.41, 5.74) is -0.0980. The fourth-order valence-electron chi connectivity index (χ4n) is 1.69. The Labute approximate surface area is 92.4 Å². The molecule has 15 heavy (non-hydrogen) atoms. The molecule has 0 spiro atoms. The van der Waals surface area contributed by atoms with Crippen LogP contribution in [0.2, 0.25) is 0 Å². The van der Waals surface area contributed by atoms with Crippen LogP contribution in [0.25, 0.3) is 0 Å². The van der Waals surface area contributed by atoms with Gasteiger partial charge >= 0.3 is 0 Å². The highest BCUT2D eigenvalue weighted by atomic mass is 79.9. The van der Waals surface area contributed by atoms with Crippen molar-refractivity contribution >= 4 is 21.6 Å². The number of halogens is 3. The fourth-order valence-corrected chi connectivity index (χ4v) is 2.50. The predicted octanol–water partition coefficient (Wildman–Crippen LogP) is 3.53. The van der Waals surface area contributed by atoms with Crippen molar-refractivity contribution < 1.29 is 13.7 Å². The number of fused-ring (bicyclic) bond motifs is 1. The van der Waals surface area contributed by atoms with Crippen LogP contribution in [0.15, 0.2) is 18.2 Å². The van der Waals surface area contributed by atoms with Gasteiger partial charge in [0.2, 0.25) is 0 Å². The summed E-state index contributed by atoms with van der Waals surface area (Å²) >= 11 is 3.12. The monoisotopic (exact) mass is 277 g/mol. The smallest absolute Gasteiger partial charge is 0.258 e. The summed E-state index contributed by atoms with van der Waals surface area (Å²) < 4.78 is 26.8. The molecule has 0 aromatic heterocycles. The Morgan fingerprint density at radius 2 is 2.20 bits per heavy atom. The first-order valence-electron chi connectivity index (χ1n) is 4.22. The maximum atomic E-state index is 13.4. The number of nitro groups is 1. The molecular formula is C9H6BrF2NO2. The SMILES string of the molecule is O=[N+]([O-])c1ccc2c(c1)C(F)(F)C[C@H]2Br. The van der Waals surface area contributed by atoms with Gasteiger partial charge < -0.3 is 0 Å². The van der Waals surface area contributed by atoms with Crippen LogP contribution in [-0.2, 0) is 5.92 Å². The van der Waals surface area contributed by atoms with Gasteiger partial charge in [-0.1, -0.05) is 22.0 Å². The van der Waals surface area contributed by atoms with E-state index in [1.807, 2.05) is 0 Å². The summed E-state index contributed by atoms with van der Waals surface area (Å²) in [5.74, 6) is -2.98. The Bertz CT molecular complexity index is 436. The molecule has 1 aromatic carbocycles. The number of non-ortho nitro benzene ring substituents is 1. The first-order valence-corrected chi connectivity index (χ1v) is 5.14. The standard InChI is InChI=1S/C9H6BrF2NO2/c10-8-4-9(11,12)7-3-5(13(14)15)1-2-6(7)8/h1-3,8H,4H2/t8-/m1/s1. The maximum Gasteiger partial charge on any atom is 0.275 e. The number of alkyl halides is 3. The molecule has 0 aliphatic heterocycles. The molecule has 3 nitrogen and oxygen atoms in total. The van der Waals surface area contributed by atoms with Crippen LogP contribution in [0, 0.1) is 10.1 Å². The lowest BCUT2D eigenvalue weighted by Crippen LogP contribution is -2.07. The van der Waals surface area contributed by atoms with Crippen molar-refractivity contribution in [1.82, 2.24) is 0 Å². The Balaban J connectivity index is 2.57. The van der Waals surface area contributed by atoms with E-state index in [4.69, 9.17) is 0 Å². The molecule has 0 unspecified atom stereocenters. The van der Waals surface area contributed by atoms with Crippen LogP contribution in [-0.4, -0.2) is 4.92 Å². The van der Waals surface area contributed by atoms with E-state index in [9.17, 15) is 18.9 Å². The molecule has 0 amide bonds. The third-order valence-corrected chi connectivity index (χ3v) is 3.23. The number of benzene rings is 1. The van der Waals surface area contributed by atoms with E-state index in [0.717, 1.165) is 6.07 Å². The first kappa shape index (κ1) is 10.5. The Hall–Kier alpha value is -1.04. The van der Waals surface area contributed by atoms with Crippen molar-refractivity contribution in [2.24, 2.45) is 0 Å². The highest BCUT2D eigenvalue weighted by molar-refractivity contribution is 9.09. The molecule has 80 valence electrons. The van der Waals surface area contributed by atoms with Crippen molar-refractivity contribution in [3.05, 3.63) is 39.4 Å². The van der Waals surface area contributed by atoms with Crippen LogP contribution < -0.4 is 0 Å². The Kier molecular flexibility index (Phi) is 2.26. The number of hydrogen-bond donors (Lipinski definition) is 0. The summed E-state index contributed by atoms with van der Waals surface area (Å²) in [6.07, 6.45) is -0.344. The lowest BCUT2D eigenvalue weighted by molar-refractivity contribution is -0.385. The molecular weight excluding hydrogens is 272 g/mol. The first-order chi connectivity index (χ1) is 6.92. The Morgan fingerprint density at radius 3 is 2.80 bits per heavy atom. The van der Waals surface area contributed by atoms with Crippen LogP contribution in [0.3, 0.4) is 0 Å². The van der Waals surface area contributed by atoms with Crippen molar-refractivity contribution in [2.75, 3.05) is 0 Å². The summed E-state index contributed by atoms with van der Waals surface area (Å²) in [4.78, 5) is 9.35. The van der Waals surface area contributed by atoms with Gasteiger partial charge in [-0.25, -0.2) is 8.78 Å². The van der Waals surface area contributed by atoms with Gasteiger partial charge in [-0.2, -0.15) is 0 Å². The van der Waals surface area contributed by atoms with Gasteiger partial charge in [0.1, 0.15) is 0 Å². The van der Waals surface area contributed by atoms with E-state index in [2.05, 4.69) is 15.9 Å². The van der Waals surface area contributed by atoms with E-state index in [1.165, 1.54) is 12.1 Å². The van der Waals surface area contributed by atoms with Crippen LogP contribution in [0.5, 0.6) is 0 Å². The van der Waals surface area contributed by atoms with Gasteiger partial charge in [0, 0.05) is 28.9 Å². The number of rotatable bonds is 1. The number of nitro benzene ring substituents is 1. The van der Waals surface area contributed by atoms with Crippen molar-refractivity contribution in [2.45, 2.75) is 17.2 Å². The van der Waals surface area contributed by atoms with Crippen LogP contribution >= 0.6 is 15.9 Å². The summed E-state index contributed by atoms with van der Waals surface area (Å²) in [5, 5.41) is 10.4. The molecule has 0 saturated carbocycles. The van der Waals surface area contributed by atoms with E-state index in [1.54, 1.807) is 0 Å². The van der Waals surface area contributed by atoms with Gasteiger partial charge in [-0.15, -0.1) is 0 Å². The van der Waals surface area contributed by atoms with E-state index in [-0.39, 0.29) is 17.7 Å². The zero-order chi connectivity index (χ0) is 11.2. The van der Waals surface area contributed by atoms with Crippen molar-refractivity contribution in [3.8, 4) is 0 Å². The molecule has 0 N–H and O–H groups in total. The third kappa shape index (κ3) is 1.62. The van der Waals surface area contributed by atoms with Gasteiger partial charge in [0.25, 0.3) is 11.6 Å². The lowest BCUT2D eigenvalue weighted by Gasteiger charge is -2.08. The maximum absolute atomic E-state index is 13.4. The van der Waals surface area contributed by atoms with Gasteiger partial charge in [-0.3, -0.25) is 10.1 Å². The predicted molar refractivity (Wildman–Crippen MR) is 53.3 cm³/mol. The molecule has 1 atom stereocenters. The molecule has 0 heterocycles.